The molecular formula is C38H42F2N4O6. The van der Waals surface area contributed by atoms with Gasteiger partial charge in [0.1, 0.15) is 28.2 Å². The van der Waals surface area contributed by atoms with E-state index in [0.29, 0.717) is 29.8 Å². The van der Waals surface area contributed by atoms with Crippen molar-refractivity contribution in [3.8, 4) is 41.2 Å². The monoisotopic (exact) mass is 688 g/mol. The van der Waals surface area contributed by atoms with Crippen molar-refractivity contribution in [1.82, 2.24) is 19.9 Å². The number of ether oxygens (including phenoxy) is 5. The Hall–Kier alpha value is -4.31. The first-order valence-corrected chi connectivity index (χ1v) is 17.2. The van der Waals surface area contributed by atoms with Gasteiger partial charge in [-0.2, -0.15) is 4.98 Å². The second-order valence-electron chi connectivity index (χ2n) is 13.8. The summed E-state index contributed by atoms with van der Waals surface area (Å²) in [7, 11) is 2.79. The topological polar surface area (TPSA) is 108 Å². The molecule has 1 aliphatic carbocycles. The number of piperidine rings is 1. The maximum Gasteiger partial charge on any atom is 0.297 e. The number of fused-ring (bicyclic) bond motifs is 3. The van der Waals surface area contributed by atoms with E-state index >= 15 is 8.78 Å². The van der Waals surface area contributed by atoms with Gasteiger partial charge in [0, 0.05) is 35.6 Å². The molecule has 50 heavy (non-hydrogen) atoms. The van der Waals surface area contributed by atoms with E-state index in [1.54, 1.807) is 6.07 Å². The van der Waals surface area contributed by atoms with Crippen LogP contribution < -0.4 is 19.8 Å². The second kappa shape index (κ2) is 13.8. The number of aromatic nitrogens is 3. The van der Waals surface area contributed by atoms with Gasteiger partial charge in [-0.05, 0) is 82.5 Å². The largest absolute Gasteiger partial charge is 0.480 e. The number of nitrogens with one attached hydrogen (secondary N) is 1. The highest BCUT2D eigenvalue weighted by Gasteiger charge is 2.50. The molecule has 3 fully saturated rings. The Labute approximate surface area is 289 Å². The van der Waals surface area contributed by atoms with Crippen LogP contribution in [0, 0.1) is 29.4 Å². The van der Waals surface area contributed by atoms with Crippen LogP contribution in [-0.2, 0) is 9.47 Å². The Morgan fingerprint density at radius 1 is 1.08 bits per heavy atom. The van der Waals surface area contributed by atoms with Crippen molar-refractivity contribution in [2.45, 2.75) is 83.1 Å². The van der Waals surface area contributed by atoms with Gasteiger partial charge < -0.3 is 23.7 Å². The molecule has 264 valence electrons. The molecule has 12 heteroatoms. The molecule has 4 heterocycles. The molecule has 4 aromatic rings. The minimum Gasteiger partial charge on any atom is -0.480 e. The molecule has 1 saturated carbocycles. The number of nitrogens with zero attached hydrogens (tertiary/aromatic N) is 3. The van der Waals surface area contributed by atoms with Gasteiger partial charge in [0.15, 0.2) is 12.6 Å². The first-order chi connectivity index (χ1) is 24.2. The quantitative estimate of drug-likeness (QED) is 0.159. The number of rotatable bonds is 9. The third-order valence-corrected chi connectivity index (χ3v) is 10.7. The fourth-order valence-corrected chi connectivity index (χ4v) is 8.70. The first-order valence-electron chi connectivity index (χ1n) is 17.2. The highest BCUT2D eigenvalue weighted by Crippen LogP contribution is 2.49. The van der Waals surface area contributed by atoms with Crippen molar-refractivity contribution < 1.29 is 32.5 Å². The number of hydrogen-bond donors (Lipinski definition) is 1. The minimum absolute atomic E-state index is 0.0736. The third-order valence-electron chi connectivity index (χ3n) is 10.7. The summed E-state index contributed by atoms with van der Waals surface area (Å²) in [5.74, 6) is 0.958. The maximum absolute atomic E-state index is 16.8. The number of methoxy groups -OCH3 is 2. The van der Waals surface area contributed by atoms with Crippen LogP contribution in [0.2, 0.25) is 0 Å². The van der Waals surface area contributed by atoms with Crippen LogP contribution in [0.25, 0.3) is 32.9 Å². The Morgan fingerprint density at radius 2 is 1.86 bits per heavy atom. The van der Waals surface area contributed by atoms with Crippen LogP contribution in [0.15, 0.2) is 29.1 Å². The summed E-state index contributed by atoms with van der Waals surface area (Å²) < 4.78 is 60.4. The summed E-state index contributed by atoms with van der Waals surface area (Å²) in [5.41, 5.74) is -1.26. The lowest BCUT2D eigenvalue weighted by Crippen LogP contribution is -2.57. The Bertz CT molecular complexity index is 2020. The number of hydrogen-bond acceptors (Lipinski definition) is 9. The number of aromatic amines is 1. The Morgan fingerprint density at radius 3 is 2.60 bits per heavy atom. The summed E-state index contributed by atoms with van der Waals surface area (Å²) in [6.45, 7) is 5.59. The van der Waals surface area contributed by atoms with Crippen LogP contribution in [0.5, 0.6) is 17.6 Å². The summed E-state index contributed by atoms with van der Waals surface area (Å²) >= 11 is 0. The summed E-state index contributed by atoms with van der Waals surface area (Å²) in [5, 5.41) is 0.555. The van der Waals surface area contributed by atoms with Gasteiger partial charge >= 0.3 is 0 Å². The molecule has 0 amide bonds. The van der Waals surface area contributed by atoms with Crippen molar-refractivity contribution in [3.63, 3.8) is 0 Å². The van der Waals surface area contributed by atoms with Crippen LogP contribution >= 0.6 is 0 Å². The highest BCUT2D eigenvalue weighted by atomic mass is 19.1. The Kier molecular flexibility index (Phi) is 9.41. The van der Waals surface area contributed by atoms with E-state index < -0.39 is 17.2 Å². The van der Waals surface area contributed by atoms with E-state index in [2.05, 4.69) is 39.6 Å². The molecule has 10 nitrogen and oxygen atoms in total. The van der Waals surface area contributed by atoms with Gasteiger partial charge in [0.2, 0.25) is 5.88 Å². The van der Waals surface area contributed by atoms with Crippen molar-refractivity contribution in [1.29, 1.82) is 0 Å². The fraction of sp³-hybridized carbons (Fsp3) is 0.500. The molecule has 2 saturated heterocycles. The summed E-state index contributed by atoms with van der Waals surface area (Å²) in [6, 6.07) is 6.59. The lowest BCUT2D eigenvalue weighted by atomic mass is 9.74. The average molecular weight is 689 g/mol. The van der Waals surface area contributed by atoms with Gasteiger partial charge in [-0.3, -0.25) is 14.7 Å². The highest BCUT2D eigenvalue weighted by molar-refractivity contribution is 6.02. The molecule has 1 N–H and O–H groups in total. The van der Waals surface area contributed by atoms with Gasteiger partial charge in [0.25, 0.3) is 11.6 Å². The van der Waals surface area contributed by atoms with Gasteiger partial charge in [-0.25, -0.2) is 13.8 Å². The molecule has 0 spiro atoms. The van der Waals surface area contributed by atoms with Crippen LogP contribution in [0.1, 0.15) is 64.4 Å². The van der Waals surface area contributed by atoms with E-state index in [4.69, 9.17) is 30.1 Å². The fourth-order valence-electron chi connectivity index (χ4n) is 8.70. The first kappa shape index (κ1) is 34.2. The molecule has 3 aliphatic rings. The molecule has 1 unspecified atom stereocenters. The van der Waals surface area contributed by atoms with Crippen LogP contribution in [0.4, 0.5) is 8.78 Å². The smallest absolute Gasteiger partial charge is 0.297 e. The van der Waals surface area contributed by atoms with E-state index in [0.717, 1.165) is 51.5 Å². The Balaban J connectivity index is 1.28. The zero-order valence-electron chi connectivity index (χ0n) is 28.8. The van der Waals surface area contributed by atoms with Gasteiger partial charge in [0.05, 0.1) is 31.5 Å². The number of halogens is 2. The van der Waals surface area contributed by atoms with E-state index in [9.17, 15) is 4.79 Å². The zero-order chi connectivity index (χ0) is 35.2. The third kappa shape index (κ3) is 6.05. The van der Waals surface area contributed by atoms with Gasteiger partial charge in [-0.15, -0.1) is 6.42 Å². The molecule has 0 radical (unpaired) electrons. The SMILES string of the molecule is C#Cc1c(F)ccc2cc(OCOC)cc(-c3nc(OC)c4c(=O)[nH]c(OC[C@]56CCC[C@H]5N(C5C[C@@H](C)O[C@@H](C)C5)CCC6)nc4c3F)c12. The molecule has 2 aliphatic heterocycles. The number of benzene rings is 2. The normalized spacial score (nSPS) is 25.4. The lowest BCUT2D eigenvalue weighted by molar-refractivity contribution is -0.0967. The van der Waals surface area contributed by atoms with Crippen molar-refractivity contribution in [3.05, 3.63) is 51.8 Å². The predicted octanol–water partition coefficient (Wildman–Crippen LogP) is 6.36. The molecule has 0 bridgehead atoms. The van der Waals surface area contributed by atoms with Crippen molar-refractivity contribution in [2.24, 2.45) is 5.41 Å². The van der Waals surface area contributed by atoms with Crippen LogP contribution in [-0.4, -0.2) is 78.3 Å². The molecular weight excluding hydrogens is 646 g/mol. The molecule has 7 rings (SSSR count). The van der Waals surface area contributed by atoms with E-state index in [1.165, 1.54) is 32.4 Å². The summed E-state index contributed by atoms with van der Waals surface area (Å²) in [4.78, 5) is 27.8. The van der Waals surface area contributed by atoms with Crippen molar-refractivity contribution >= 4 is 21.7 Å². The van der Waals surface area contributed by atoms with Crippen LogP contribution in [0.3, 0.4) is 0 Å². The second-order valence-corrected chi connectivity index (χ2v) is 13.8. The lowest BCUT2D eigenvalue weighted by Gasteiger charge is -2.51. The molecule has 2 aromatic heterocycles. The summed E-state index contributed by atoms with van der Waals surface area (Å²) in [6.07, 6.45) is 13.4. The van der Waals surface area contributed by atoms with E-state index in [1.807, 2.05) is 0 Å². The molecule has 5 atom stereocenters. The predicted molar refractivity (Wildman–Crippen MR) is 185 cm³/mol. The zero-order valence-corrected chi connectivity index (χ0v) is 28.8. The van der Waals surface area contributed by atoms with Gasteiger partial charge in [-0.1, -0.05) is 18.4 Å². The maximum atomic E-state index is 16.8. The number of pyridine rings is 1. The van der Waals surface area contributed by atoms with E-state index in [-0.39, 0.29) is 69.4 Å². The number of likely N-dealkylation sites (tertiary alicyclic amines) is 1. The average Bonchev–Trinajstić information content (AvgIpc) is 3.54. The standard InChI is InChI=1S/C38H42F2N4O6/c1-6-26-28(39)11-10-23-17-25(49-20-46-4)18-27(30(23)26)33-32(40)34-31(36(41-33)47-5)35(45)43-37(42-34)48-19-38-12-7-9-29(38)44(14-8-13-38)24-15-21(2)50-22(3)16-24/h1,10-11,17-18,21-22,24,29H,7-9,12-16,19-20H2,2-5H3,(H,42,43,45)/t21-,22+,24?,29-,38-/m1/s1. The number of H-pyrrole nitrogens is 1. The molecule has 2 aromatic carbocycles. The van der Waals surface area contributed by atoms with Crippen molar-refractivity contribution in [2.75, 3.05) is 34.2 Å². The number of terminal acetylenes is 1. The minimum atomic E-state index is -0.919.